The average Bonchev–Trinajstić information content (AvgIpc) is 2.32. The second kappa shape index (κ2) is 3.48. The number of rotatable bonds is 2. The summed E-state index contributed by atoms with van der Waals surface area (Å²) >= 11 is 5.56. The van der Waals surface area contributed by atoms with E-state index < -0.39 is 0 Å². The molecule has 1 aromatic rings. The van der Waals surface area contributed by atoms with Gasteiger partial charge < -0.3 is 4.42 Å². The lowest BCUT2D eigenvalue weighted by Crippen LogP contribution is -2.08. The highest BCUT2D eigenvalue weighted by Crippen LogP contribution is 2.21. The zero-order valence-corrected chi connectivity index (χ0v) is 8.48. The van der Waals surface area contributed by atoms with Crippen molar-refractivity contribution in [1.82, 2.24) is 4.98 Å². The van der Waals surface area contributed by atoms with Crippen LogP contribution in [0.5, 0.6) is 0 Å². The largest absolute Gasteiger partial charge is 0.444 e. The Hall–Kier alpha value is -0.500. The van der Waals surface area contributed by atoms with Crippen molar-refractivity contribution in [2.45, 2.75) is 33.1 Å². The highest BCUT2D eigenvalue weighted by molar-refractivity contribution is 6.16. The Morgan fingerprint density at radius 3 is 2.58 bits per heavy atom. The fourth-order valence-electron chi connectivity index (χ4n) is 1.01. The maximum atomic E-state index is 5.56. The third kappa shape index (κ3) is 2.86. The van der Waals surface area contributed by atoms with Crippen molar-refractivity contribution < 1.29 is 4.42 Å². The second-order valence-electron chi connectivity index (χ2n) is 4.09. The Morgan fingerprint density at radius 2 is 2.17 bits per heavy atom. The Balaban J connectivity index is 2.64. The lowest BCUT2D eigenvalue weighted by atomic mass is 9.91. The summed E-state index contributed by atoms with van der Waals surface area (Å²) in [5.41, 5.74) is 0.239. The highest BCUT2D eigenvalue weighted by atomic mass is 35.5. The Kier molecular flexibility index (Phi) is 2.78. The lowest BCUT2D eigenvalue weighted by Gasteiger charge is -2.14. The van der Waals surface area contributed by atoms with E-state index in [4.69, 9.17) is 16.0 Å². The molecule has 0 aliphatic heterocycles. The molecule has 0 amide bonds. The van der Waals surface area contributed by atoms with E-state index in [0.717, 1.165) is 12.2 Å². The van der Waals surface area contributed by atoms with Gasteiger partial charge in [-0.3, -0.25) is 0 Å². The van der Waals surface area contributed by atoms with Crippen molar-refractivity contribution in [3.63, 3.8) is 0 Å². The van der Waals surface area contributed by atoms with Gasteiger partial charge in [0.25, 0.3) is 0 Å². The van der Waals surface area contributed by atoms with Crippen LogP contribution in [0, 0.1) is 5.41 Å². The quantitative estimate of drug-likeness (QED) is 0.666. The molecule has 2 nitrogen and oxygen atoms in total. The van der Waals surface area contributed by atoms with E-state index in [1.165, 1.54) is 0 Å². The molecule has 0 saturated carbocycles. The maximum absolute atomic E-state index is 5.56. The summed E-state index contributed by atoms with van der Waals surface area (Å²) in [4.78, 5) is 4.02. The van der Waals surface area contributed by atoms with Crippen molar-refractivity contribution in [3.05, 3.63) is 17.8 Å². The first-order valence-corrected chi connectivity index (χ1v) is 4.54. The molecule has 0 atom stereocenters. The summed E-state index contributed by atoms with van der Waals surface area (Å²) in [5, 5.41) is 0. The van der Waals surface area contributed by atoms with Crippen LogP contribution in [0.2, 0.25) is 0 Å². The molecule has 0 unspecified atom stereocenters. The third-order valence-electron chi connectivity index (χ3n) is 1.42. The summed E-state index contributed by atoms with van der Waals surface area (Å²) in [5.74, 6) is 1.87. The van der Waals surface area contributed by atoms with Gasteiger partial charge in [0.2, 0.25) is 5.89 Å². The van der Waals surface area contributed by atoms with Crippen molar-refractivity contribution in [2.75, 3.05) is 0 Å². The zero-order valence-electron chi connectivity index (χ0n) is 7.72. The molecule has 0 aliphatic carbocycles. The number of hydrogen-bond acceptors (Lipinski definition) is 2. The molecule has 1 aromatic heterocycles. The molecule has 68 valence electrons. The number of alkyl halides is 1. The first-order valence-electron chi connectivity index (χ1n) is 4.01. The number of nitrogens with zero attached hydrogens (tertiary/aromatic N) is 1. The molecule has 0 saturated heterocycles. The van der Waals surface area contributed by atoms with Gasteiger partial charge in [0.15, 0.2) is 0 Å². The van der Waals surface area contributed by atoms with Crippen molar-refractivity contribution >= 4 is 11.6 Å². The number of halogens is 1. The van der Waals surface area contributed by atoms with Crippen LogP contribution < -0.4 is 0 Å². The van der Waals surface area contributed by atoms with E-state index in [1.807, 2.05) is 0 Å². The van der Waals surface area contributed by atoms with Crippen molar-refractivity contribution in [1.29, 1.82) is 0 Å². The van der Waals surface area contributed by atoms with Crippen LogP contribution in [-0.4, -0.2) is 4.98 Å². The van der Waals surface area contributed by atoms with Crippen molar-refractivity contribution in [2.24, 2.45) is 5.41 Å². The van der Waals surface area contributed by atoms with Crippen LogP contribution in [0.1, 0.15) is 32.4 Å². The Labute approximate surface area is 77.9 Å². The molecular formula is C9H14ClNO. The summed E-state index contributed by atoms with van der Waals surface area (Å²) in [7, 11) is 0. The zero-order chi connectivity index (χ0) is 9.19. The molecule has 0 N–H and O–H groups in total. The summed E-state index contributed by atoms with van der Waals surface area (Å²) < 4.78 is 5.37. The fraction of sp³-hybridized carbons (Fsp3) is 0.667. The van der Waals surface area contributed by atoms with Crippen molar-refractivity contribution in [3.8, 4) is 0 Å². The molecule has 1 heterocycles. The van der Waals surface area contributed by atoms with E-state index in [0.29, 0.717) is 11.8 Å². The van der Waals surface area contributed by atoms with Crippen LogP contribution in [0.3, 0.4) is 0 Å². The van der Waals surface area contributed by atoms with Gasteiger partial charge in [-0.25, -0.2) is 4.98 Å². The molecule has 0 aromatic carbocycles. The van der Waals surface area contributed by atoms with Gasteiger partial charge in [-0.15, -0.1) is 11.6 Å². The average molecular weight is 188 g/mol. The van der Waals surface area contributed by atoms with E-state index in [-0.39, 0.29) is 5.41 Å². The number of hydrogen-bond donors (Lipinski definition) is 0. The van der Waals surface area contributed by atoms with Gasteiger partial charge in [-0.05, 0) is 5.41 Å². The summed E-state index contributed by atoms with van der Waals surface area (Å²) in [6.07, 6.45) is 2.65. The van der Waals surface area contributed by atoms with E-state index >= 15 is 0 Å². The van der Waals surface area contributed by atoms with Crippen LogP contribution in [-0.2, 0) is 12.3 Å². The SMILES string of the molecule is CC(C)(C)Cc1cnc(CCl)o1. The van der Waals surface area contributed by atoms with Gasteiger partial charge in [0.05, 0.1) is 12.1 Å². The topological polar surface area (TPSA) is 26.0 Å². The molecule has 0 spiro atoms. The first kappa shape index (κ1) is 9.59. The number of aromatic nitrogens is 1. The fourth-order valence-corrected chi connectivity index (χ4v) is 1.14. The molecule has 0 fully saturated rings. The third-order valence-corrected chi connectivity index (χ3v) is 1.65. The van der Waals surface area contributed by atoms with Crippen LogP contribution in [0.25, 0.3) is 0 Å². The Bertz CT molecular complexity index is 249. The Morgan fingerprint density at radius 1 is 1.50 bits per heavy atom. The first-order chi connectivity index (χ1) is 5.51. The summed E-state index contributed by atoms with van der Waals surface area (Å²) in [6.45, 7) is 6.49. The lowest BCUT2D eigenvalue weighted by molar-refractivity contribution is 0.355. The predicted molar refractivity (Wildman–Crippen MR) is 49.2 cm³/mol. The van der Waals surface area contributed by atoms with Gasteiger partial charge in [0, 0.05) is 6.42 Å². The maximum Gasteiger partial charge on any atom is 0.209 e. The highest BCUT2D eigenvalue weighted by Gasteiger charge is 2.14. The molecule has 12 heavy (non-hydrogen) atoms. The van der Waals surface area contributed by atoms with Crippen LogP contribution in [0.4, 0.5) is 0 Å². The van der Waals surface area contributed by atoms with E-state index in [1.54, 1.807) is 6.20 Å². The van der Waals surface area contributed by atoms with E-state index in [2.05, 4.69) is 25.8 Å². The van der Waals surface area contributed by atoms with E-state index in [9.17, 15) is 0 Å². The minimum Gasteiger partial charge on any atom is -0.444 e. The summed E-state index contributed by atoms with van der Waals surface area (Å²) in [6, 6.07) is 0. The number of oxazole rings is 1. The standard InChI is InChI=1S/C9H14ClNO/c1-9(2,3)4-7-6-11-8(5-10)12-7/h6H,4-5H2,1-3H3. The normalized spacial score (nSPS) is 12.0. The molecule has 0 radical (unpaired) electrons. The molecule has 0 bridgehead atoms. The minimum absolute atomic E-state index is 0.239. The molecule has 1 rings (SSSR count). The van der Waals surface area contributed by atoms with Gasteiger partial charge in [-0.1, -0.05) is 20.8 Å². The monoisotopic (exact) mass is 187 g/mol. The van der Waals surface area contributed by atoms with Crippen LogP contribution >= 0.6 is 11.6 Å². The second-order valence-corrected chi connectivity index (χ2v) is 4.36. The van der Waals surface area contributed by atoms with Gasteiger partial charge in [0.1, 0.15) is 5.76 Å². The molecule has 3 heteroatoms. The van der Waals surface area contributed by atoms with Crippen LogP contribution in [0.15, 0.2) is 10.6 Å². The minimum atomic E-state index is 0.239. The smallest absolute Gasteiger partial charge is 0.209 e. The molecular weight excluding hydrogens is 174 g/mol. The van der Waals surface area contributed by atoms with Gasteiger partial charge >= 0.3 is 0 Å². The van der Waals surface area contributed by atoms with Gasteiger partial charge in [-0.2, -0.15) is 0 Å². The molecule has 0 aliphatic rings. The predicted octanol–water partition coefficient (Wildman–Crippen LogP) is 3.00.